The van der Waals surface area contributed by atoms with Crippen LogP contribution in [0.15, 0.2) is 11.4 Å². The molecule has 1 heterocycles. The van der Waals surface area contributed by atoms with Crippen molar-refractivity contribution in [3.63, 3.8) is 0 Å². The predicted molar refractivity (Wildman–Crippen MR) is 50.4 cm³/mol. The van der Waals surface area contributed by atoms with E-state index in [1.807, 2.05) is 18.4 Å². The number of aryl methyl sites for hydroxylation is 1. The van der Waals surface area contributed by atoms with Gasteiger partial charge in [-0.15, -0.1) is 11.3 Å². The number of carbonyl (C=O) groups is 1. The molecule has 3 N–H and O–H groups in total. The van der Waals surface area contributed by atoms with Gasteiger partial charge in [0.2, 0.25) is 0 Å². The molecule has 12 heavy (non-hydrogen) atoms. The van der Waals surface area contributed by atoms with E-state index in [0.717, 1.165) is 10.4 Å². The molecule has 0 radical (unpaired) electrons. The Morgan fingerprint density at radius 1 is 1.75 bits per heavy atom. The van der Waals surface area contributed by atoms with Crippen molar-refractivity contribution in [2.45, 2.75) is 6.92 Å². The third kappa shape index (κ3) is 2.32. The highest BCUT2D eigenvalue weighted by Crippen LogP contribution is 2.12. The summed E-state index contributed by atoms with van der Waals surface area (Å²) in [6.07, 6.45) is 0. The topological polar surface area (TPSA) is 55.1 Å². The average molecular weight is 184 g/mol. The molecule has 0 spiro atoms. The monoisotopic (exact) mass is 184 g/mol. The molecule has 0 fully saturated rings. The molecule has 4 heteroatoms. The molecule has 0 bridgehead atoms. The van der Waals surface area contributed by atoms with Crippen LogP contribution in [0.5, 0.6) is 0 Å². The highest BCUT2D eigenvalue weighted by molar-refractivity contribution is 7.10. The molecular weight excluding hydrogens is 172 g/mol. The van der Waals surface area contributed by atoms with Gasteiger partial charge in [-0.25, -0.2) is 0 Å². The minimum absolute atomic E-state index is 0.0372. The first-order chi connectivity index (χ1) is 5.74. The molecule has 0 atom stereocenters. The molecule has 0 aliphatic carbocycles. The third-order valence-electron chi connectivity index (χ3n) is 1.42. The molecule has 0 saturated heterocycles. The average Bonchev–Trinajstić information content (AvgIpc) is 2.47. The van der Waals surface area contributed by atoms with Crippen molar-refractivity contribution < 1.29 is 4.79 Å². The van der Waals surface area contributed by atoms with E-state index in [9.17, 15) is 4.79 Å². The Balaban J connectivity index is 2.53. The fraction of sp³-hybridized carbons (Fsp3) is 0.375. The molecule has 0 saturated carbocycles. The Bertz CT molecular complexity index is 270. The van der Waals surface area contributed by atoms with E-state index in [-0.39, 0.29) is 5.91 Å². The molecule has 1 aromatic heterocycles. The lowest BCUT2D eigenvalue weighted by atomic mass is 10.3. The van der Waals surface area contributed by atoms with Gasteiger partial charge in [0.25, 0.3) is 5.91 Å². The van der Waals surface area contributed by atoms with Crippen LogP contribution in [0.4, 0.5) is 0 Å². The van der Waals surface area contributed by atoms with Crippen molar-refractivity contribution >= 4 is 17.2 Å². The summed E-state index contributed by atoms with van der Waals surface area (Å²) in [6.45, 7) is 2.99. The maximum absolute atomic E-state index is 11.3. The van der Waals surface area contributed by atoms with E-state index >= 15 is 0 Å². The van der Waals surface area contributed by atoms with Gasteiger partial charge in [0.15, 0.2) is 0 Å². The number of rotatable bonds is 3. The van der Waals surface area contributed by atoms with Gasteiger partial charge in [-0.1, -0.05) is 0 Å². The first-order valence-corrected chi connectivity index (χ1v) is 4.65. The standard InChI is InChI=1S/C8H12N2OS/c1-6-4-7(5-12-6)8(11)10-3-2-9/h4-5H,2-3,9H2,1H3,(H,10,11). The lowest BCUT2D eigenvalue weighted by Crippen LogP contribution is -2.28. The van der Waals surface area contributed by atoms with Crippen molar-refractivity contribution in [1.82, 2.24) is 5.32 Å². The first kappa shape index (κ1) is 9.22. The van der Waals surface area contributed by atoms with Crippen molar-refractivity contribution in [2.24, 2.45) is 5.73 Å². The molecule has 1 amide bonds. The van der Waals surface area contributed by atoms with Gasteiger partial charge >= 0.3 is 0 Å². The van der Waals surface area contributed by atoms with Crippen LogP contribution >= 0.6 is 11.3 Å². The summed E-state index contributed by atoms with van der Waals surface area (Å²) in [5.41, 5.74) is 5.98. The number of carbonyl (C=O) groups excluding carboxylic acids is 1. The molecule has 0 unspecified atom stereocenters. The van der Waals surface area contributed by atoms with Crippen molar-refractivity contribution in [3.05, 3.63) is 21.9 Å². The van der Waals surface area contributed by atoms with E-state index in [1.54, 1.807) is 11.3 Å². The van der Waals surface area contributed by atoms with Crippen molar-refractivity contribution in [3.8, 4) is 0 Å². The molecule has 0 aliphatic heterocycles. The SMILES string of the molecule is Cc1cc(C(=O)NCCN)cs1. The van der Waals surface area contributed by atoms with Gasteiger partial charge in [0.05, 0.1) is 5.56 Å². The normalized spacial score (nSPS) is 9.83. The highest BCUT2D eigenvalue weighted by atomic mass is 32.1. The van der Waals surface area contributed by atoms with Gasteiger partial charge in [0.1, 0.15) is 0 Å². The first-order valence-electron chi connectivity index (χ1n) is 3.77. The summed E-state index contributed by atoms with van der Waals surface area (Å²) in [7, 11) is 0. The van der Waals surface area contributed by atoms with Crippen LogP contribution in [0.25, 0.3) is 0 Å². The largest absolute Gasteiger partial charge is 0.351 e. The summed E-state index contributed by atoms with van der Waals surface area (Å²) in [5, 5.41) is 4.55. The Labute approximate surface area is 75.6 Å². The number of hydrogen-bond donors (Lipinski definition) is 2. The summed E-state index contributed by atoms with van der Waals surface area (Å²) < 4.78 is 0. The van der Waals surface area contributed by atoms with E-state index in [2.05, 4.69) is 5.32 Å². The summed E-state index contributed by atoms with van der Waals surface area (Å²) >= 11 is 1.57. The molecule has 1 rings (SSSR count). The van der Waals surface area contributed by atoms with E-state index in [4.69, 9.17) is 5.73 Å². The Hall–Kier alpha value is -0.870. The summed E-state index contributed by atoms with van der Waals surface area (Å²) in [5.74, 6) is -0.0372. The van der Waals surface area contributed by atoms with Gasteiger partial charge < -0.3 is 11.1 Å². The second-order valence-corrected chi connectivity index (χ2v) is 3.61. The number of thiophene rings is 1. The predicted octanol–water partition coefficient (Wildman–Crippen LogP) is 0.745. The van der Waals surface area contributed by atoms with Crippen molar-refractivity contribution in [1.29, 1.82) is 0 Å². The van der Waals surface area contributed by atoms with Gasteiger partial charge in [-0.05, 0) is 13.0 Å². The maximum atomic E-state index is 11.3. The zero-order valence-corrected chi connectivity index (χ0v) is 7.78. The lowest BCUT2D eigenvalue weighted by molar-refractivity contribution is 0.0955. The second kappa shape index (κ2) is 4.23. The third-order valence-corrected chi connectivity index (χ3v) is 2.28. The van der Waals surface area contributed by atoms with Crippen molar-refractivity contribution in [2.75, 3.05) is 13.1 Å². The number of nitrogens with one attached hydrogen (secondary N) is 1. The molecule has 3 nitrogen and oxygen atoms in total. The van der Waals surface area contributed by atoms with Crippen LogP contribution in [0.2, 0.25) is 0 Å². The molecular formula is C8H12N2OS. The van der Waals surface area contributed by atoms with Gasteiger partial charge in [0, 0.05) is 23.3 Å². The Kier molecular flexibility index (Phi) is 3.25. The molecule has 66 valence electrons. The fourth-order valence-electron chi connectivity index (χ4n) is 0.850. The summed E-state index contributed by atoms with van der Waals surface area (Å²) in [6, 6.07) is 1.87. The van der Waals surface area contributed by atoms with Crippen LogP contribution in [0.3, 0.4) is 0 Å². The Morgan fingerprint density at radius 2 is 2.50 bits per heavy atom. The van der Waals surface area contributed by atoms with Crippen LogP contribution in [0, 0.1) is 6.92 Å². The second-order valence-electron chi connectivity index (χ2n) is 2.49. The minimum atomic E-state index is -0.0372. The summed E-state index contributed by atoms with van der Waals surface area (Å²) in [4.78, 5) is 12.4. The lowest BCUT2D eigenvalue weighted by Gasteiger charge is -1.99. The quantitative estimate of drug-likeness (QED) is 0.728. The van der Waals surface area contributed by atoms with E-state index in [0.29, 0.717) is 13.1 Å². The minimum Gasteiger partial charge on any atom is -0.351 e. The van der Waals surface area contributed by atoms with Gasteiger partial charge in [-0.2, -0.15) is 0 Å². The number of nitrogens with two attached hydrogens (primary N) is 1. The fourth-order valence-corrected chi connectivity index (χ4v) is 1.53. The molecule has 0 aromatic carbocycles. The van der Waals surface area contributed by atoms with E-state index < -0.39 is 0 Å². The van der Waals surface area contributed by atoms with Crippen LogP contribution in [-0.4, -0.2) is 19.0 Å². The van der Waals surface area contributed by atoms with E-state index in [1.165, 1.54) is 0 Å². The van der Waals surface area contributed by atoms with Crippen LogP contribution in [0.1, 0.15) is 15.2 Å². The number of amides is 1. The highest BCUT2D eigenvalue weighted by Gasteiger charge is 2.04. The smallest absolute Gasteiger partial charge is 0.252 e. The molecule has 0 aliphatic rings. The Morgan fingerprint density at radius 3 is 3.00 bits per heavy atom. The van der Waals surface area contributed by atoms with Gasteiger partial charge in [-0.3, -0.25) is 4.79 Å². The molecule has 1 aromatic rings. The van der Waals surface area contributed by atoms with Crippen LogP contribution in [-0.2, 0) is 0 Å². The van der Waals surface area contributed by atoms with Crippen LogP contribution < -0.4 is 11.1 Å². The zero-order valence-electron chi connectivity index (χ0n) is 6.96. The maximum Gasteiger partial charge on any atom is 0.252 e. The zero-order chi connectivity index (χ0) is 8.97. The number of hydrogen-bond acceptors (Lipinski definition) is 3.